The van der Waals surface area contributed by atoms with E-state index in [4.69, 9.17) is 11.6 Å². The molecular weight excluding hydrogens is 371 g/mol. The highest BCUT2D eigenvalue weighted by Gasteiger charge is 2.31. The summed E-state index contributed by atoms with van der Waals surface area (Å²) in [5, 5.41) is 2.92. The van der Waals surface area contributed by atoms with E-state index in [9.17, 15) is 22.8 Å². The van der Waals surface area contributed by atoms with Crippen molar-refractivity contribution in [2.45, 2.75) is 18.6 Å². The number of nitrogens with one attached hydrogen (secondary N) is 1. The van der Waals surface area contributed by atoms with Gasteiger partial charge in [-0.2, -0.15) is 13.2 Å². The van der Waals surface area contributed by atoms with E-state index in [1.807, 2.05) is 0 Å². The summed E-state index contributed by atoms with van der Waals surface area (Å²) in [6.45, 7) is 0. The normalized spacial score (nSPS) is 12.3. The molecule has 26 heavy (non-hydrogen) atoms. The molecule has 0 aliphatic heterocycles. The maximum absolute atomic E-state index is 12.8. The first kappa shape index (κ1) is 19.8. The number of carbonyl (C=O) groups is 2. The predicted molar refractivity (Wildman–Crippen MR) is 89.9 cm³/mol. The lowest BCUT2D eigenvalue weighted by Crippen LogP contribution is -2.43. The van der Waals surface area contributed by atoms with Crippen LogP contribution in [0.4, 0.5) is 13.2 Å². The zero-order chi connectivity index (χ0) is 19.3. The number of hydrogen-bond acceptors (Lipinski definition) is 3. The number of carbonyl (C=O) groups excluding carboxylic acids is 2. The number of ether oxygens (including phenoxy) is 1. The Morgan fingerprint density at radius 3 is 2.38 bits per heavy atom. The number of benzene rings is 2. The van der Waals surface area contributed by atoms with E-state index >= 15 is 0 Å². The van der Waals surface area contributed by atoms with Gasteiger partial charge in [0.1, 0.15) is 6.04 Å². The molecule has 2 rings (SSSR count). The number of alkyl halides is 3. The molecule has 0 fully saturated rings. The van der Waals surface area contributed by atoms with E-state index in [0.717, 1.165) is 25.3 Å². The van der Waals surface area contributed by atoms with E-state index in [2.05, 4.69) is 10.1 Å². The summed E-state index contributed by atoms with van der Waals surface area (Å²) >= 11 is 5.80. The van der Waals surface area contributed by atoms with Gasteiger partial charge in [-0.05, 0) is 35.9 Å². The summed E-state index contributed by atoms with van der Waals surface area (Å²) in [5.41, 5.74) is -0.448. The smallest absolute Gasteiger partial charge is 0.416 e. The van der Waals surface area contributed by atoms with Crippen molar-refractivity contribution in [2.75, 3.05) is 7.11 Å². The standard InChI is InChI=1S/C18H15ClF3NO3/c1-26-17(25)15(9-11-5-7-14(19)8-6-11)23-16(24)12-3-2-4-13(10-12)18(20,21)22/h2-8,10,15H,9H2,1H3,(H,23,24)/t15-/m0/s1. The van der Waals surface area contributed by atoms with Gasteiger partial charge in [0.05, 0.1) is 12.7 Å². The molecule has 0 radical (unpaired) electrons. The largest absolute Gasteiger partial charge is 0.467 e. The minimum atomic E-state index is -4.57. The van der Waals surface area contributed by atoms with Gasteiger partial charge in [-0.3, -0.25) is 4.79 Å². The van der Waals surface area contributed by atoms with Gasteiger partial charge in [-0.15, -0.1) is 0 Å². The van der Waals surface area contributed by atoms with E-state index in [1.165, 1.54) is 6.07 Å². The Balaban J connectivity index is 2.18. The molecule has 0 saturated heterocycles. The molecule has 8 heteroatoms. The third kappa shape index (κ3) is 5.23. The van der Waals surface area contributed by atoms with Gasteiger partial charge in [0.2, 0.25) is 0 Å². The van der Waals surface area contributed by atoms with Crippen LogP contribution in [0.5, 0.6) is 0 Å². The van der Waals surface area contributed by atoms with Gasteiger partial charge in [0.15, 0.2) is 0 Å². The molecule has 1 amide bonds. The van der Waals surface area contributed by atoms with E-state index < -0.39 is 29.7 Å². The fourth-order valence-electron chi connectivity index (χ4n) is 2.27. The Morgan fingerprint density at radius 1 is 1.15 bits per heavy atom. The Bertz CT molecular complexity index is 791. The minimum Gasteiger partial charge on any atom is -0.467 e. The lowest BCUT2D eigenvalue weighted by Gasteiger charge is -2.17. The van der Waals surface area contributed by atoms with Crippen LogP contribution in [-0.2, 0) is 22.1 Å². The predicted octanol–water partition coefficient (Wildman–Crippen LogP) is 3.87. The van der Waals surface area contributed by atoms with Crippen molar-refractivity contribution in [3.8, 4) is 0 Å². The van der Waals surface area contributed by atoms with Crippen LogP contribution in [-0.4, -0.2) is 25.0 Å². The van der Waals surface area contributed by atoms with Gasteiger partial charge in [0.25, 0.3) is 5.91 Å². The fourth-order valence-corrected chi connectivity index (χ4v) is 2.40. The second-order valence-electron chi connectivity index (χ2n) is 5.46. The van der Waals surface area contributed by atoms with Crippen molar-refractivity contribution in [3.63, 3.8) is 0 Å². The lowest BCUT2D eigenvalue weighted by molar-refractivity contribution is -0.143. The maximum Gasteiger partial charge on any atom is 0.416 e. The number of amides is 1. The third-order valence-corrected chi connectivity index (χ3v) is 3.85. The number of hydrogen-bond donors (Lipinski definition) is 1. The van der Waals surface area contributed by atoms with Crippen LogP contribution in [0.3, 0.4) is 0 Å². The Kier molecular flexibility index (Phi) is 6.26. The molecule has 4 nitrogen and oxygen atoms in total. The monoisotopic (exact) mass is 385 g/mol. The molecule has 0 aliphatic carbocycles. The molecular formula is C18H15ClF3NO3. The zero-order valence-electron chi connectivity index (χ0n) is 13.6. The van der Waals surface area contributed by atoms with Crippen molar-refractivity contribution in [1.82, 2.24) is 5.32 Å². The van der Waals surface area contributed by atoms with Gasteiger partial charge in [-0.1, -0.05) is 29.8 Å². The highest BCUT2D eigenvalue weighted by molar-refractivity contribution is 6.30. The summed E-state index contributed by atoms with van der Waals surface area (Å²) in [6.07, 6.45) is -4.46. The molecule has 0 bridgehead atoms. The molecule has 2 aromatic carbocycles. The first-order valence-electron chi connectivity index (χ1n) is 7.51. The molecule has 0 saturated carbocycles. The van der Waals surface area contributed by atoms with Gasteiger partial charge in [0, 0.05) is 17.0 Å². The quantitative estimate of drug-likeness (QED) is 0.795. The second-order valence-corrected chi connectivity index (χ2v) is 5.89. The van der Waals surface area contributed by atoms with Crippen molar-refractivity contribution < 1.29 is 27.5 Å². The number of halogens is 4. The second kappa shape index (κ2) is 8.23. The maximum atomic E-state index is 12.8. The Morgan fingerprint density at radius 2 is 1.81 bits per heavy atom. The van der Waals surface area contributed by atoms with Crippen LogP contribution in [0.2, 0.25) is 5.02 Å². The van der Waals surface area contributed by atoms with Crippen molar-refractivity contribution >= 4 is 23.5 Å². The van der Waals surface area contributed by atoms with Crippen molar-refractivity contribution in [2.24, 2.45) is 0 Å². The summed E-state index contributed by atoms with van der Waals surface area (Å²) in [7, 11) is 1.16. The first-order valence-corrected chi connectivity index (χ1v) is 7.89. The fraction of sp³-hybridized carbons (Fsp3) is 0.222. The summed E-state index contributed by atoms with van der Waals surface area (Å²) in [6, 6.07) is 9.51. The molecule has 2 aromatic rings. The molecule has 0 aromatic heterocycles. The Labute approximate surface area is 152 Å². The molecule has 1 atom stereocenters. The average molecular weight is 386 g/mol. The summed E-state index contributed by atoms with van der Waals surface area (Å²) in [4.78, 5) is 24.2. The van der Waals surface area contributed by atoms with Gasteiger partial charge < -0.3 is 10.1 Å². The van der Waals surface area contributed by atoms with Crippen LogP contribution in [0.1, 0.15) is 21.5 Å². The first-order chi connectivity index (χ1) is 12.2. The van der Waals surface area contributed by atoms with Crippen LogP contribution in [0.15, 0.2) is 48.5 Å². The molecule has 0 unspecified atom stereocenters. The third-order valence-electron chi connectivity index (χ3n) is 3.60. The highest BCUT2D eigenvalue weighted by atomic mass is 35.5. The topological polar surface area (TPSA) is 55.4 Å². The van der Waals surface area contributed by atoms with Gasteiger partial charge >= 0.3 is 12.1 Å². The zero-order valence-corrected chi connectivity index (χ0v) is 14.4. The SMILES string of the molecule is COC(=O)[C@H](Cc1ccc(Cl)cc1)NC(=O)c1cccc(C(F)(F)F)c1. The molecule has 138 valence electrons. The number of methoxy groups -OCH3 is 1. The number of rotatable bonds is 5. The van der Waals surface area contributed by atoms with Crippen molar-refractivity contribution in [3.05, 3.63) is 70.2 Å². The number of esters is 1. The van der Waals surface area contributed by atoms with E-state index in [0.29, 0.717) is 10.6 Å². The minimum absolute atomic E-state index is 0.106. The Hall–Kier alpha value is -2.54. The lowest BCUT2D eigenvalue weighted by atomic mass is 10.0. The van der Waals surface area contributed by atoms with Crippen molar-refractivity contribution in [1.29, 1.82) is 0 Å². The summed E-state index contributed by atoms with van der Waals surface area (Å²) in [5.74, 6) is -1.51. The van der Waals surface area contributed by atoms with E-state index in [1.54, 1.807) is 24.3 Å². The average Bonchev–Trinajstić information content (AvgIpc) is 2.61. The molecule has 0 heterocycles. The molecule has 1 N–H and O–H groups in total. The van der Waals surface area contributed by atoms with Crippen LogP contribution < -0.4 is 5.32 Å². The van der Waals surface area contributed by atoms with Crippen LogP contribution in [0.25, 0.3) is 0 Å². The molecule has 0 aliphatic rings. The van der Waals surface area contributed by atoms with E-state index in [-0.39, 0.29) is 12.0 Å². The van der Waals surface area contributed by atoms with Gasteiger partial charge in [-0.25, -0.2) is 4.79 Å². The summed E-state index contributed by atoms with van der Waals surface area (Å²) < 4.78 is 43.0. The van der Waals surface area contributed by atoms with Crippen LogP contribution >= 0.6 is 11.6 Å². The highest BCUT2D eigenvalue weighted by Crippen LogP contribution is 2.29. The van der Waals surface area contributed by atoms with Crippen LogP contribution in [0, 0.1) is 0 Å². The molecule has 0 spiro atoms.